The van der Waals surface area contributed by atoms with Gasteiger partial charge in [-0.1, -0.05) is 0 Å². The number of nitrogens with one attached hydrogen (secondary N) is 1. The van der Waals surface area contributed by atoms with Crippen LogP contribution in [0.2, 0.25) is 0 Å². The lowest BCUT2D eigenvalue weighted by Gasteiger charge is -2.19. The molecule has 0 aliphatic heterocycles. The molecule has 0 radical (unpaired) electrons. The molecule has 1 amide bonds. The monoisotopic (exact) mass is 273 g/mol. The quantitative estimate of drug-likeness (QED) is 0.689. The molecule has 1 atom stereocenters. The standard InChI is InChI=1S/C12H17F2N3O2/c1-17(6-11(18)5-15)7-12(19)16-10-3-8(13)2-9(14)4-10/h2-4,11,18H,5-7,15H2,1H3,(H,16,19). The molecule has 0 saturated carbocycles. The van der Waals surface area contributed by atoms with E-state index in [0.29, 0.717) is 0 Å². The fraction of sp³-hybridized carbons (Fsp3) is 0.417. The van der Waals surface area contributed by atoms with Gasteiger partial charge in [-0.25, -0.2) is 8.78 Å². The third-order valence-corrected chi connectivity index (χ3v) is 2.35. The summed E-state index contributed by atoms with van der Waals surface area (Å²) in [6, 6.07) is 2.77. The van der Waals surface area contributed by atoms with E-state index in [4.69, 9.17) is 5.73 Å². The van der Waals surface area contributed by atoms with Crippen LogP contribution in [0.3, 0.4) is 0 Å². The Hall–Kier alpha value is -1.57. The molecule has 0 aliphatic rings. The lowest BCUT2D eigenvalue weighted by molar-refractivity contribution is -0.117. The number of aliphatic hydroxyl groups excluding tert-OH is 1. The molecule has 106 valence electrons. The third kappa shape index (κ3) is 5.73. The van der Waals surface area contributed by atoms with Crippen molar-refractivity contribution in [3.05, 3.63) is 29.8 Å². The summed E-state index contributed by atoms with van der Waals surface area (Å²) in [5.41, 5.74) is 5.30. The van der Waals surface area contributed by atoms with Crippen LogP contribution in [0.4, 0.5) is 14.5 Å². The lowest BCUT2D eigenvalue weighted by atomic mass is 10.3. The van der Waals surface area contributed by atoms with E-state index < -0.39 is 23.6 Å². The van der Waals surface area contributed by atoms with E-state index in [1.54, 1.807) is 11.9 Å². The summed E-state index contributed by atoms with van der Waals surface area (Å²) >= 11 is 0. The van der Waals surface area contributed by atoms with Crippen LogP contribution in [0.5, 0.6) is 0 Å². The topological polar surface area (TPSA) is 78.6 Å². The van der Waals surface area contributed by atoms with Gasteiger partial charge in [0, 0.05) is 24.8 Å². The summed E-state index contributed by atoms with van der Waals surface area (Å²) in [6.45, 7) is 0.317. The van der Waals surface area contributed by atoms with Gasteiger partial charge in [0.25, 0.3) is 0 Å². The molecular weight excluding hydrogens is 256 g/mol. The summed E-state index contributed by atoms with van der Waals surface area (Å²) in [7, 11) is 1.63. The highest BCUT2D eigenvalue weighted by atomic mass is 19.1. The van der Waals surface area contributed by atoms with E-state index in [2.05, 4.69) is 5.32 Å². The van der Waals surface area contributed by atoms with Crippen LogP contribution in [0.15, 0.2) is 18.2 Å². The van der Waals surface area contributed by atoms with Crippen molar-refractivity contribution < 1.29 is 18.7 Å². The van der Waals surface area contributed by atoms with Crippen LogP contribution in [0, 0.1) is 11.6 Å². The molecular formula is C12H17F2N3O2. The average molecular weight is 273 g/mol. The SMILES string of the molecule is CN(CC(=O)Nc1cc(F)cc(F)c1)CC(O)CN. The van der Waals surface area contributed by atoms with E-state index in [-0.39, 0.29) is 25.3 Å². The van der Waals surface area contributed by atoms with Crippen molar-refractivity contribution in [2.24, 2.45) is 5.73 Å². The van der Waals surface area contributed by atoms with Gasteiger partial charge in [-0.2, -0.15) is 0 Å². The zero-order chi connectivity index (χ0) is 14.4. The van der Waals surface area contributed by atoms with Gasteiger partial charge >= 0.3 is 0 Å². The number of halogens is 2. The Balaban J connectivity index is 2.50. The normalized spacial score (nSPS) is 12.5. The molecule has 4 N–H and O–H groups in total. The molecule has 1 rings (SSSR count). The van der Waals surface area contributed by atoms with Crippen molar-refractivity contribution in [2.75, 3.05) is 32.0 Å². The first-order valence-electron chi connectivity index (χ1n) is 5.73. The number of aliphatic hydroxyl groups is 1. The first kappa shape index (κ1) is 15.5. The summed E-state index contributed by atoms with van der Waals surface area (Å²) < 4.78 is 25.8. The zero-order valence-corrected chi connectivity index (χ0v) is 10.6. The average Bonchev–Trinajstić information content (AvgIpc) is 2.26. The number of likely N-dealkylation sites (N-methyl/N-ethyl adjacent to an activating group) is 1. The van der Waals surface area contributed by atoms with Crippen LogP contribution in [0.25, 0.3) is 0 Å². The second-order valence-electron chi connectivity index (χ2n) is 4.29. The fourth-order valence-corrected chi connectivity index (χ4v) is 1.57. The largest absolute Gasteiger partial charge is 0.390 e. The van der Waals surface area contributed by atoms with Gasteiger partial charge in [-0.05, 0) is 19.2 Å². The Morgan fingerprint density at radius 3 is 2.53 bits per heavy atom. The maximum Gasteiger partial charge on any atom is 0.238 e. The van der Waals surface area contributed by atoms with Crippen LogP contribution in [-0.4, -0.2) is 48.7 Å². The van der Waals surface area contributed by atoms with Crippen molar-refractivity contribution in [3.8, 4) is 0 Å². The Bertz CT molecular complexity index is 423. The molecule has 1 aromatic rings. The number of nitrogens with two attached hydrogens (primary N) is 1. The number of rotatable bonds is 6. The molecule has 0 aliphatic carbocycles. The first-order valence-corrected chi connectivity index (χ1v) is 5.73. The molecule has 0 saturated heterocycles. The fourth-order valence-electron chi connectivity index (χ4n) is 1.57. The van der Waals surface area contributed by atoms with Gasteiger partial charge in [0.2, 0.25) is 5.91 Å². The minimum atomic E-state index is -0.762. The van der Waals surface area contributed by atoms with Gasteiger partial charge in [0.15, 0.2) is 0 Å². The van der Waals surface area contributed by atoms with Crippen molar-refractivity contribution in [2.45, 2.75) is 6.10 Å². The van der Waals surface area contributed by atoms with E-state index in [9.17, 15) is 18.7 Å². The highest BCUT2D eigenvalue weighted by molar-refractivity contribution is 5.92. The number of benzene rings is 1. The molecule has 0 heterocycles. The maximum absolute atomic E-state index is 12.9. The highest BCUT2D eigenvalue weighted by Gasteiger charge is 2.11. The predicted molar refractivity (Wildman–Crippen MR) is 67.5 cm³/mol. The van der Waals surface area contributed by atoms with Crippen LogP contribution < -0.4 is 11.1 Å². The van der Waals surface area contributed by atoms with E-state index in [1.165, 1.54) is 0 Å². The van der Waals surface area contributed by atoms with Gasteiger partial charge in [-0.3, -0.25) is 9.69 Å². The molecule has 19 heavy (non-hydrogen) atoms. The highest BCUT2D eigenvalue weighted by Crippen LogP contribution is 2.12. The number of hydrogen-bond donors (Lipinski definition) is 3. The van der Waals surface area contributed by atoms with Crippen LogP contribution in [-0.2, 0) is 4.79 Å². The number of nitrogens with zero attached hydrogens (tertiary/aromatic N) is 1. The molecule has 0 bridgehead atoms. The van der Waals surface area contributed by atoms with Gasteiger partial charge < -0.3 is 16.2 Å². The second kappa shape index (κ2) is 7.13. The summed E-state index contributed by atoms with van der Waals surface area (Å²) in [4.78, 5) is 13.2. The number of anilines is 1. The third-order valence-electron chi connectivity index (χ3n) is 2.35. The van der Waals surface area contributed by atoms with Crippen LogP contribution >= 0.6 is 0 Å². The molecule has 1 aromatic carbocycles. The van der Waals surface area contributed by atoms with Gasteiger partial charge in [0.05, 0.1) is 12.6 Å². The van der Waals surface area contributed by atoms with Crippen LogP contribution in [0.1, 0.15) is 0 Å². The number of hydrogen-bond acceptors (Lipinski definition) is 4. The molecule has 0 fully saturated rings. The van der Waals surface area contributed by atoms with E-state index in [1.807, 2.05) is 0 Å². The smallest absolute Gasteiger partial charge is 0.238 e. The van der Waals surface area contributed by atoms with Crippen molar-refractivity contribution in [3.63, 3.8) is 0 Å². The molecule has 7 heteroatoms. The minimum absolute atomic E-state index is 0.0187. The maximum atomic E-state index is 12.9. The summed E-state index contributed by atoms with van der Waals surface area (Å²) in [5, 5.41) is 11.7. The Labute approximate surface area is 110 Å². The predicted octanol–water partition coefficient (Wildman–Crippen LogP) is 0.155. The zero-order valence-electron chi connectivity index (χ0n) is 10.6. The summed E-state index contributed by atoms with van der Waals surface area (Å²) in [6.07, 6.45) is -0.718. The van der Waals surface area contributed by atoms with Crippen molar-refractivity contribution >= 4 is 11.6 Å². The molecule has 0 aromatic heterocycles. The molecule has 0 spiro atoms. The Kier molecular flexibility index (Phi) is 5.81. The first-order chi connectivity index (χ1) is 8.90. The minimum Gasteiger partial charge on any atom is -0.390 e. The number of amides is 1. The lowest BCUT2D eigenvalue weighted by Crippen LogP contribution is -2.38. The van der Waals surface area contributed by atoms with E-state index >= 15 is 0 Å². The van der Waals surface area contributed by atoms with Crippen molar-refractivity contribution in [1.82, 2.24) is 4.90 Å². The Morgan fingerprint density at radius 1 is 1.42 bits per heavy atom. The molecule has 1 unspecified atom stereocenters. The Morgan fingerprint density at radius 2 is 2.00 bits per heavy atom. The number of carbonyl (C=O) groups excluding carboxylic acids is 1. The second-order valence-corrected chi connectivity index (χ2v) is 4.29. The molecule has 5 nitrogen and oxygen atoms in total. The number of carbonyl (C=O) groups is 1. The summed E-state index contributed by atoms with van der Waals surface area (Å²) in [5.74, 6) is -1.96. The van der Waals surface area contributed by atoms with E-state index in [0.717, 1.165) is 18.2 Å². The van der Waals surface area contributed by atoms with Crippen molar-refractivity contribution in [1.29, 1.82) is 0 Å². The van der Waals surface area contributed by atoms with Gasteiger partial charge in [-0.15, -0.1) is 0 Å². The van der Waals surface area contributed by atoms with Gasteiger partial charge in [0.1, 0.15) is 11.6 Å².